The molecule has 0 radical (unpaired) electrons. The summed E-state index contributed by atoms with van der Waals surface area (Å²) >= 11 is 0. The average molecular weight is 265 g/mol. The van der Waals surface area contributed by atoms with Crippen LogP contribution in [0.1, 0.15) is 25.0 Å². The molecule has 0 aliphatic rings. The van der Waals surface area contributed by atoms with Crippen LogP contribution in [0.4, 0.5) is 0 Å². The molecule has 1 N–H and O–H groups in total. The van der Waals surface area contributed by atoms with Gasteiger partial charge in [0.15, 0.2) is 5.78 Å². The SMILES string of the molecule is CC(=O)C(=C(C)NCc1ccccc1)c1ccccc1. The maximum Gasteiger partial charge on any atom is 0.162 e. The van der Waals surface area contributed by atoms with Crippen LogP contribution in [-0.2, 0) is 11.3 Å². The minimum absolute atomic E-state index is 0.0780. The van der Waals surface area contributed by atoms with E-state index in [1.165, 1.54) is 5.56 Å². The summed E-state index contributed by atoms with van der Waals surface area (Å²) in [5.41, 5.74) is 3.81. The number of Topliss-reactive ketones (excluding diaryl/α,β-unsaturated/α-hetero) is 1. The van der Waals surface area contributed by atoms with E-state index in [9.17, 15) is 4.79 Å². The average Bonchev–Trinajstić information content (AvgIpc) is 2.47. The largest absolute Gasteiger partial charge is 0.384 e. The van der Waals surface area contributed by atoms with Crippen molar-refractivity contribution >= 4 is 11.4 Å². The lowest BCUT2D eigenvalue weighted by Gasteiger charge is -2.12. The molecule has 0 bridgehead atoms. The van der Waals surface area contributed by atoms with E-state index in [1.807, 2.05) is 55.5 Å². The standard InChI is InChI=1S/C18H19NO/c1-14(19-13-16-9-5-3-6-10-16)18(15(2)20)17-11-7-4-8-12-17/h3-12,19H,13H2,1-2H3. The van der Waals surface area contributed by atoms with Gasteiger partial charge in [-0.3, -0.25) is 4.79 Å². The van der Waals surface area contributed by atoms with E-state index in [1.54, 1.807) is 6.92 Å². The Bertz CT molecular complexity index is 600. The van der Waals surface area contributed by atoms with Crippen LogP contribution in [0, 0.1) is 0 Å². The minimum Gasteiger partial charge on any atom is -0.384 e. The van der Waals surface area contributed by atoms with Gasteiger partial charge in [0.05, 0.1) is 0 Å². The summed E-state index contributed by atoms with van der Waals surface area (Å²) in [6.07, 6.45) is 0. The van der Waals surface area contributed by atoms with Crippen LogP contribution in [0.5, 0.6) is 0 Å². The Balaban J connectivity index is 2.21. The molecule has 0 aromatic heterocycles. The molecular formula is C18H19NO. The number of ketones is 1. The zero-order valence-electron chi connectivity index (χ0n) is 11.9. The number of carbonyl (C=O) groups excluding carboxylic acids is 1. The molecule has 0 atom stereocenters. The van der Waals surface area contributed by atoms with Crippen LogP contribution in [0.3, 0.4) is 0 Å². The van der Waals surface area contributed by atoms with Gasteiger partial charge in [-0.15, -0.1) is 0 Å². The van der Waals surface area contributed by atoms with Crippen LogP contribution >= 0.6 is 0 Å². The van der Waals surface area contributed by atoms with Gasteiger partial charge in [-0.2, -0.15) is 0 Å². The van der Waals surface area contributed by atoms with Gasteiger partial charge in [-0.25, -0.2) is 0 Å². The van der Waals surface area contributed by atoms with Gasteiger partial charge in [-0.05, 0) is 25.0 Å². The molecule has 0 unspecified atom stereocenters. The molecule has 2 aromatic rings. The highest BCUT2D eigenvalue weighted by molar-refractivity contribution is 6.20. The molecule has 0 aliphatic heterocycles. The predicted octanol–water partition coefficient (Wildman–Crippen LogP) is 3.80. The van der Waals surface area contributed by atoms with E-state index in [0.717, 1.165) is 23.4 Å². The fraction of sp³-hybridized carbons (Fsp3) is 0.167. The quantitative estimate of drug-likeness (QED) is 0.833. The lowest BCUT2D eigenvalue weighted by molar-refractivity contribution is -0.111. The van der Waals surface area contributed by atoms with Crippen LogP contribution in [0.2, 0.25) is 0 Å². The van der Waals surface area contributed by atoms with Crippen LogP contribution in [0.25, 0.3) is 5.57 Å². The Labute approximate surface area is 120 Å². The lowest BCUT2D eigenvalue weighted by atomic mass is 10.0. The van der Waals surface area contributed by atoms with Crippen molar-refractivity contribution < 1.29 is 4.79 Å². The van der Waals surface area contributed by atoms with Gasteiger partial charge in [0, 0.05) is 17.8 Å². The zero-order valence-corrected chi connectivity index (χ0v) is 11.9. The maximum atomic E-state index is 11.9. The number of hydrogen-bond donors (Lipinski definition) is 1. The van der Waals surface area contributed by atoms with Gasteiger partial charge in [0.1, 0.15) is 0 Å². The predicted molar refractivity (Wildman–Crippen MR) is 83.0 cm³/mol. The third-order valence-electron chi connectivity index (χ3n) is 3.19. The van der Waals surface area contributed by atoms with Crippen molar-refractivity contribution in [1.29, 1.82) is 0 Å². The second-order valence-corrected chi connectivity index (χ2v) is 4.76. The molecule has 2 heteroatoms. The third-order valence-corrected chi connectivity index (χ3v) is 3.19. The van der Waals surface area contributed by atoms with E-state index in [-0.39, 0.29) is 5.78 Å². The van der Waals surface area contributed by atoms with Crippen LogP contribution < -0.4 is 5.32 Å². The second kappa shape index (κ2) is 6.71. The summed E-state index contributed by atoms with van der Waals surface area (Å²) in [5, 5.41) is 3.34. The summed E-state index contributed by atoms with van der Waals surface area (Å²) in [5.74, 6) is 0.0780. The fourth-order valence-corrected chi connectivity index (χ4v) is 2.21. The van der Waals surface area contributed by atoms with Gasteiger partial charge in [0.2, 0.25) is 0 Å². The molecule has 0 heterocycles. The molecule has 20 heavy (non-hydrogen) atoms. The van der Waals surface area contributed by atoms with Gasteiger partial charge < -0.3 is 5.32 Å². The molecule has 102 valence electrons. The summed E-state index contributed by atoms with van der Waals surface area (Å²) in [7, 11) is 0. The monoisotopic (exact) mass is 265 g/mol. The van der Waals surface area contributed by atoms with Crippen molar-refractivity contribution in [1.82, 2.24) is 5.32 Å². The van der Waals surface area contributed by atoms with Gasteiger partial charge in [0.25, 0.3) is 0 Å². The van der Waals surface area contributed by atoms with Crippen molar-refractivity contribution in [2.75, 3.05) is 0 Å². The number of benzene rings is 2. The normalized spacial score (nSPS) is 11.7. The Hall–Kier alpha value is -2.35. The maximum absolute atomic E-state index is 11.9. The van der Waals surface area contributed by atoms with Crippen molar-refractivity contribution in [3.05, 3.63) is 77.5 Å². The lowest BCUT2D eigenvalue weighted by Crippen LogP contribution is -2.14. The number of rotatable bonds is 5. The number of carbonyl (C=O) groups is 1. The van der Waals surface area contributed by atoms with E-state index < -0.39 is 0 Å². The van der Waals surface area contributed by atoms with E-state index in [2.05, 4.69) is 17.4 Å². The first-order valence-electron chi connectivity index (χ1n) is 6.73. The van der Waals surface area contributed by atoms with Crippen molar-refractivity contribution in [2.45, 2.75) is 20.4 Å². The first-order valence-corrected chi connectivity index (χ1v) is 6.73. The Morgan fingerprint density at radius 1 is 0.900 bits per heavy atom. The number of hydrogen-bond acceptors (Lipinski definition) is 2. The molecule has 0 saturated carbocycles. The molecule has 0 fully saturated rings. The molecular weight excluding hydrogens is 246 g/mol. The molecule has 0 saturated heterocycles. The fourth-order valence-electron chi connectivity index (χ4n) is 2.21. The highest BCUT2D eigenvalue weighted by atomic mass is 16.1. The third kappa shape index (κ3) is 3.58. The van der Waals surface area contributed by atoms with Crippen molar-refractivity contribution in [3.8, 4) is 0 Å². The van der Waals surface area contributed by atoms with Crippen molar-refractivity contribution in [3.63, 3.8) is 0 Å². The summed E-state index contributed by atoms with van der Waals surface area (Å²) in [6.45, 7) is 4.28. The molecule has 0 spiro atoms. The van der Waals surface area contributed by atoms with Crippen LogP contribution in [-0.4, -0.2) is 5.78 Å². The molecule has 0 aliphatic carbocycles. The van der Waals surface area contributed by atoms with E-state index >= 15 is 0 Å². The summed E-state index contributed by atoms with van der Waals surface area (Å²) in [6, 6.07) is 19.9. The topological polar surface area (TPSA) is 29.1 Å². The van der Waals surface area contributed by atoms with E-state index in [0.29, 0.717) is 0 Å². The Kier molecular flexibility index (Phi) is 4.72. The second-order valence-electron chi connectivity index (χ2n) is 4.76. The Morgan fingerprint density at radius 2 is 1.45 bits per heavy atom. The van der Waals surface area contributed by atoms with Gasteiger partial charge in [-0.1, -0.05) is 60.7 Å². The highest BCUT2D eigenvalue weighted by Gasteiger charge is 2.10. The highest BCUT2D eigenvalue weighted by Crippen LogP contribution is 2.18. The molecule has 2 rings (SSSR count). The summed E-state index contributed by atoms with van der Waals surface area (Å²) < 4.78 is 0. The Morgan fingerprint density at radius 3 is 2.00 bits per heavy atom. The van der Waals surface area contributed by atoms with Crippen molar-refractivity contribution in [2.24, 2.45) is 0 Å². The first kappa shape index (κ1) is 14.1. The molecule has 0 amide bonds. The minimum atomic E-state index is 0.0780. The van der Waals surface area contributed by atoms with E-state index in [4.69, 9.17) is 0 Å². The zero-order chi connectivity index (χ0) is 14.4. The summed E-state index contributed by atoms with van der Waals surface area (Å²) in [4.78, 5) is 11.9. The number of allylic oxidation sites excluding steroid dienone is 2. The molecule has 2 aromatic carbocycles. The first-order chi connectivity index (χ1) is 9.68. The van der Waals surface area contributed by atoms with Crippen LogP contribution in [0.15, 0.2) is 66.4 Å². The smallest absolute Gasteiger partial charge is 0.162 e. The van der Waals surface area contributed by atoms with Gasteiger partial charge >= 0.3 is 0 Å². The number of nitrogens with one attached hydrogen (secondary N) is 1. The molecule has 2 nitrogen and oxygen atoms in total.